The van der Waals surface area contributed by atoms with Gasteiger partial charge in [0.25, 0.3) is 0 Å². The lowest BCUT2D eigenvalue weighted by atomic mass is 9.90. The van der Waals surface area contributed by atoms with Crippen LogP contribution in [0.1, 0.15) is 78.1 Å². The Morgan fingerprint density at radius 1 is 0.833 bits per heavy atom. The van der Waals surface area contributed by atoms with Crippen molar-refractivity contribution in [3.63, 3.8) is 0 Å². The Bertz CT molecular complexity index is 186. The number of unbranched alkanes of at least 4 members (excludes halogenated alkanes) is 4. The Kier molecular flexibility index (Phi) is 8.70. The minimum absolute atomic E-state index is 0.481. The third-order valence-electron chi connectivity index (χ3n) is 4.32. The topological polar surface area (TPSA) is 29.3 Å². The highest BCUT2D eigenvalue weighted by Gasteiger charge is 2.23. The molecular formula is C16H34N2. The van der Waals surface area contributed by atoms with Crippen LogP contribution in [-0.4, -0.2) is 30.1 Å². The van der Waals surface area contributed by atoms with E-state index in [9.17, 15) is 0 Å². The molecule has 1 fully saturated rings. The summed E-state index contributed by atoms with van der Waals surface area (Å²) in [6.07, 6.45) is 13.4. The van der Waals surface area contributed by atoms with E-state index < -0.39 is 0 Å². The van der Waals surface area contributed by atoms with Crippen molar-refractivity contribution in [3.8, 4) is 0 Å². The molecule has 1 aliphatic rings. The third-order valence-corrected chi connectivity index (χ3v) is 4.32. The standard InChI is InChI=1S/C16H34N2/c1-3-5-6-7-8-14-18(13-4-2)16-11-9-15(17)10-12-16/h15-16H,3-14,17H2,1-2H3. The molecule has 0 radical (unpaired) electrons. The van der Waals surface area contributed by atoms with Crippen molar-refractivity contribution in [2.75, 3.05) is 13.1 Å². The first-order valence-electron chi connectivity index (χ1n) is 8.27. The van der Waals surface area contributed by atoms with E-state index in [2.05, 4.69) is 18.7 Å². The summed E-state index contributed by atoms with van der Waals surface area (Å²) in [6, 6.07) is 1.31. The summed E-state index contributed by atoms with van der Waals surface area (Å²) in [4.78, 5) is 2.75. The summed E-state index contributed by atoms with van der Waals surface area (Å²) in [5.41, 5.74) is 6.01. The van der Waals surface area contributed by atoms with Gasteiger partial charge in [0.2, 0.25) is 0 Å². The van der Waals surface area contributed by atoms with Crippen molar-refractivity contribution in [1.82, 2.24) is 4.90 Å². The highest BCUT2D eigenvalue weighted by Crippen LogP contribution is 2.22. The summed E-state index contributed by atoms with van der Waals surface area (Å²) in [5.74, 6) is 0. The third kappa shape index (κ3) is 6.19. The largest absolute Gasteiger partial charge is 0.328 e. The van der Waals surface area contributed by atoms with Crippen LogP contribution >= 0.6 is 0 Å². The fourth-order valence-corrected chi connectivity index (χ4v) is 3.15. The van der Waals surface area contributed by atoms with Gasteiger partial charge < -0.3 is 10.6 Å². The van der Waals surface area contributed by atoms with Crippen LogP contribution in [0.5, 0.6) is 0 Å². The van der Waals surface area contributed by atoms with E-state index in [0.29, 0.717) is 6.04 Å². The number of nitrogens with zero attached hydrogens (tertiary/aromatic N) is 1. The van der Waals surface area contributed by atoms with Crippen LogP contribution in [0.3, 0.4) is 0 Å². The molecule has 0 aromatic carbocycles. The predicted octanol–water partition coefficient (Wildman–Crippen LogP) is 3.94. The molecule has 1 rings (SSSR count). The molecule has 0 heterocycles. The predicted molar refractivity (Wildman–Crippen MR) is 80.9 cm³/mol. The Hall–Kier alpha value is -0.0800. The number of hydrogen-bond donors (Lipinski definition) is 1. The average molecular weight is 254 g/mol. The molecule has 0 aliphatic heterocycles. The fourth-order valence-electron chi connectivity index (χ4n) is 3.15. The highest BCUT2D eigenvalue weighted by molar-refractivity contribution is 4.81. The molecule has 0 spiro atoms. The molecule has 0 saturated heterocycles. The number of nitrogens with two attached hydrogens (primary N) is 1. The summed E-state index contributed by atoms with van der Waals surface area (Å²) in [6.45, 7) is 7.19. The van der Waals surface area contributed by atoms with E-state index in [4.69, 9.17) is 5.73 Å². The van der Waals surface area contributed by atoms with Crippen LogP contribution in [-0.2, 0) is 0 Å². The number of rotatable bonds is 9. The molecule has 0 aromatic rings. The minimum atomic E-state index is 0.481. The molecule has 1 aliphatic carbocycles. The van der Waals surface area contributed by atoms with E-state index >= 15 is 0 Å². The lowest BCUT2D eigenvalue weighted by Gasteiger charge is -2.36. The molecule has 0 aromatic heterocycles. The van der Waals surface area contributed by atoms with Crippen LogP contribution in [0, 0.1) is 0 Å². The first-order chi connectivity index (χ1) is 8.77. The zero-order valence-electron chi connectivity index (χ0n) is 12.7. The molecule has 2 nitrogen and oxygen atoms in total. The maximum Gasteiger partial charge on any atom is 0.00964 e. The van der Waals surface area contributed by atoms with Gasteiger partial charge in [-0.1, -0.05) is 39.5 Å². The molecule has 0 bridgehead atoms. The second-order valence-electron chi connectivity index (χ2n) is 6.02. The minimum Gasteiger partial charge on any atom is -0.328 e. The molecule has 2 N–H and O–H groups in total. The van der Waals surface area contributed by atoms with Gasteiger partial charge in [0.1, 0.15) is 0 Å². The van der Waals surface area contributed by atoms with Crippen molar-refractivity contribution in [2.24, 2.45) is 5.73 Å². The molecule has 2 heteroatoms. The SMILES string of the molecule is CCCCCCCN(CCC)C1CCC(N)CC1. The quantitative estimate of drug-likeness (QED) is 0.632. The molecule has 1 saturated carbocycles. The van der Waals surface area contributed by atoms with Gasteiger partial charge in [-0.05, 0) is 51.6 Å². The maximum absolute atomic E-state index is 6.01. The van der Waals surface area contributed by atoms with Crippen molar-refractivity contribution >= 4 is 0 Å². The van der Waals surface area contributed by atoms with Gasteiger partial charge in [-0.2, -0.15) is 0 Å². The molecule has 108 valence electrons. The molecule has 0 unspecified atom stereocenters. The lowest BCUT2D eigenvalue weighted by Crippen LogP contribution is -2.41. The van der Waals surface area contributed by atoms with Gasteiger partial charge in [0.15, 0.2) is 0 Å². The zero-order chi connectivity index (χ0) is 13.2. The Balaban J connectivity index is 2.21. The fraction of sp³-hybridized carbons (Fsp3) is 1.00. The van der Waals surface area contributed by atoms with Gasteiger partial charge >= 0.3 is 0 Å². The summed E-state index contributed by atoms with van der Waals surface area (Å²) in [7, 11) is 0. The smallest absolute Gasteiger partial charge is 0.00964 e. The molecule has 0 atom stereocenters. The van der Waals surface area contributed by atoms with Crippen molar-refractivity contribution in [1.29, 1.82) is 0 Å². The van der Waals surface area contributed by atoms with E-state index in [-0.39, 0.29) is 0 Å². The summed E-state index contributed by atoms with van der Waals surface area (Å²) >= 11 is 0. The monoisotopic (exact) mass is 254 g/mol. The highest BCUT2D eigenvalue weighted by atomic mass is 15.1. The first-order valence-corrected chi connectivity index (χ1v) is 8.27. The molecule has 0 amide bonds. The van der Waals surface area contributed by atoms with Gasteiger partial charge in [-0.3, -0.25) is 0 Å². The second-order valence-corrected chi connectivity index (χ2v) is 6.02. The van der Waals surface area contributed by atoms with Crippen LogP contribution in [0.15, 0.2) is 0 Å². The van der Waals surface area contributed by atoms with Gasteiger partial charge in [-0.25, -0.2) is 0 Å². The Morgan fingerprint density at radius 3 is 2.11 bits per heavy atom. The zero-order valence-corrected chi connectivity index (χ0v) is 12.7. The molecular weight excluding hydrogens is 220 g/mol. The normalized spacial score (nSPS) is 24.7. The first kappa shape index (κ1) is 16.0. The van der Waals surface area contributed by atoms with Crippen LogP contribution in [0.2, 0.25) is 0 Å². The van der Waals surface area contributed by atoms with E-state index in [1.165, 1.54) is 77.3 Å². The van der Waals surface area contributed by atoms with E-state index in [1.54, 1.807) is 0 Å². The Morgan fingerprint density at radius 2 is 1.50 bits per heavy atom. The maximum atomic E-state index is 6.01. The van der Waals surface area contributed by atoms with Crippen LogP contribution < -0.4 is 5.73 Å². The number of hydrogen-bond acceptors (Lipinski definition) is 2. The van der Waals surface area contributed by atoms with Crippen molar-refractivity contribution < 1.29 is 0 Å². The van der Waals surface area contributed by atoms with Crippen molar-refractivity contribution in [2.45, 2.75) is 90.1 Å². The Labute approximate surface area is 114 Å². The van der Waals surface area contributed by atoms with E-state index in [0.717, 1.165) is 6.04 Å². The lowest BCUT2D eigenvalue weighted by molar-refractivity contribution is 0.147. The molecule has 18 heavy (non-hydrogen) atoms. The van der Waals surface area contributed by atoms with E-state index in [1.807, 2.05) is 0 Å². The summed E-state index contributed by atoms with van der Waals surface area (Å²) < 4.78 is 0. The summed E-state index contributed by atoms with van der Waals surface area (Å²) in [5, 5.41) is 0. The van der Waals surface area contributed by atoms with Gasteiger partial charge in [0.05, 0.1) is 0 Å². The van der Waals surface area contributed by atoms with Gasteiger partial charge in [-0.15, -0.1) is 0 Å². The average Bonchev–Trinajstić information content (AvgIpc) is 2.38. The van der Waals surface area contributed by atoms with Crippen LogP contribution in [0.25, 0.3) is 0 Å². The second kappa shape index (κ2) is 9.80. The van der Waals surface area contributed by atoms with Gasteiger partial charge in [0, 0.05) is 12.1 Å². The van der Waals surface area contributed by atoms with Crippen molar-refractivity contribution in [3.05, 3.63) is 0 Å². The van der Waals surface area contributed by atoms with Crippen LogP contribution in [0.4, 0.5) is 0 Å².